The molecule has 1 amide bonds. The van der Waals surface area contributed by atoms with Crippen LogP contribution in [0.25, 0.3) is 0 Å². The predicted molar refractivity (Wildman–Crippen MR) is 96.3 cm³/mol. The van der Waals surface area contributed by atoms with Gasteiger partial charge in [-0.2, -0.15) is 0 Å². The highest BCUT2D eigenvalue weighted by atomic mass is 32.1. The Morgan fingerprint density at radius 2 is 2.00 bits per heavy atom. The van der Waals surface area contributed by atoms with Crippen LogP contribution in [0.5, 0.6) is 0 Å². The molecule has 0 fully saturated rings. The molecule has 0 saturated carbocycles. The number of rotatable bonds is 5. The maximum Gasteiger partial charge on any atom is 0.264 e. The number of nitrogens with zero attached hydrogens (tertiary/aromatic N) is 3. The van der Waals surface area contributed by atoms with Gasteiger partial charge in [-0.3, -0.25) is 4.79 Å². The molecule has 8 heteroatoms. The number of nitrogen functional groups attached to an aromatic ring is 1. The van der Waals surface area contributed by atoms with Gasteiger partial charge in [-0.25, -0.2) is 4.98 Å². The van der Waals surface area contributed by atoms with Gasteiger partial charge < -0.3 is 11.1 Å². The second-order valence-electron chi connectivity index (χ2n) is 5.17. The molecule has 6 nitrogen and oxygen atoms in total. The number of carbonyl (C=O) groups is 1. The van der Waals surface area contributed by atoms with Gasteiger partial charge in [-0.1, -0.05) is 48.6 Å². The summed E-state index contributed by atoms with van der Waals surface area (Å²) in [5.74, 6) is -0.160. The number of hydrogen-bond donors (Lipinski definition) is 2. The smallest absolute Gasteiger partial charge is 0.264 e. The minimum absolute atomic E-state index is 0.160. The summed E-state index contributed by atoms with van der Waals surface area (Å²) < 4.78 is 0. The van der Waals surface area contributed by atoms with Crippen molar-refractivity contribution in [2.24, 2.45) is 0 Å². The molecule has 0 bridgehead atoms. The first-order valence-electron chi connectivity index (χ1n) is 7.49. The van der Waals surface area contributed by atoms with E-state index in [1.807, 2.05) is 44.2 Å². The molecule has 24 heavy (non-hydrogen) atoms. The van der Waals surface area contributed by atoms with Gasteiger partial charge in [-0.15, -0.1) is 21.5 Å². The van der Waals surface area contributed by atoms with Gasteiger partial charge >= 0.3 is 0 Å². The maximum atomic E-state index is 12.7. The highest BCUT2D eigenvalue weighted by Crippen LogP contribution is 2.27. The van der Waals surface area contributed by atoms with E-state index in [0.717, 1.165) is 22.7 Å². The zero-order valence-corrected chi connectivity index (χ0v) is 14.9. The quantitative estimate of drug-likeness (QED) is 0.730. The van der Waals surface area contributed by atoms with E-state index in [9.17, 15) is 4.79 Å². The van der Waals surface area contributed by atoms with Crippen molar-refractivity contribution >= 4 is 33.7 Å². The van der Waals surface area contributed by atoms with Crippen LogP contribution in [0.4, 0.5) is 5.13 Å². The monoisotopic (exact) mass is 359 g/mol. The van der Waals surface area contributed by atoms with Crippen LogP contribution < -0.4 is 11.1 Å². The number of carbonyl (C=O) groups excluding carboxylic acids is 1. The standard InChI is InChI=1S/C16H17N5OS2/c1-3-11-18-9(2)13(23-11)14(22)19-12(10-7-5-4-6-8-10)15-20-21-16(17)24-15/h4-8,12H,3H2,1-2H3,(H2,17,21)(H,19,22)/t12-/m1/s1. The normalized spacial score (nSPS) is 12.1. The molecule has 3 aromatic rings. The first-order chi connectivity index (χ1) is 11.6. The van der Waals surface area contributed by atoms with Crippen molar-refractivity contribution in [2.75, 3.05) is 5.73 Å². The molecule has 0 aliphatic heterocycles. The summed E-state index contributed by atoms with van der Waals surface area (Å²) in [6.07, 6.45) is 0.813. The van der Waals surface area contributed by atoms with E-state index in [1.54, 1.807) is 0 Å². The molecule has 0 spiro atoms. The molecule has 3 rings (SSSR count). The van der Waals surface area contributed by atoms with Crippen molar-refractivity contribution in [3.05, 3.63) is 56.5 Å². The highest BCUT2D eigenvalue weighted by molar-refractivity contribution is 7.15. The van der Waals surface area contributed by atoms with E-state index in [1.165, 1.54) is 22.7 Å². The summed E-state index contributed by atoms with van der Waals surface area (Å²) in [7, 11) is 0. The number of nitrogens with one attached hydrogen (secondary N) is 1. The molecule has 0 aliphatic carbocycles. The number of aromatic nitrogens is 3. The second kappa shape index (κ2) is 7.06. The number of benzene rings is 1. The van der Waals surface area contributed by atoms with Crippen molar-refractivity contribution in [1.82, 2.24) is 20.5 Å². The minimum Gasteiger partial charge on any atom is -0.374 e. The maximum absolute atomic E-state index is 12.7. The number of thiazole rings is 1. The highest BCUT2D eigenvalue weighted by Gasteiger charge is 2.23. The topological polar surface area (TPSA) is 93.8 Å². The molecular formula is C16H17N5OS2. The summed E-state index contributed by atoms with van der Waals surface area (Å²) in [4.78, 5) is 17.8. The lowest BCUT2D eigenvalue weighted by Crippen LogP contribution is -2.29. The Labute approximate surface area is 147 Å². The Kier molecular flexibility index (Phi) is 4.86. The van der Waals surface area contributed by atoms with Crippen LogP contribution in [0.3, 0.4) is 0 Å². The van der Waals surface area contributed by atoms with Crippen LogP contribution in [0, 0.1) is 6.92 Å². The Morgan fingerprint density at radius 3 is 2.58 bits per heavy atom. The summed E-state index contributed by atoms with van der Waals surface area (Å²) in [5, 5.41) is 13.0. The summed E-state index contributed by atoms with van der Waals surface area (Å²) >= 11 is 2.70. The molecule has 0 radical (unpaired) electrons. The number of aryl methyl sites for hydroxylation is 2. The van der Waals surface area contributed by atoms with Crippen molar-refractivity contribution in [2.45, 2.75) is 26.3 Å². The summed E-state index contributed by atoms with van der Waals surface area (Å²) in [6, 6.07) is 9.27. The van der Waals surface area contributed by atoms with Crippen LogP contribution in [0.1, 0.15) is 43.9 Å². The zero-order chi connectivity index (χ0) is 17.1. The average Bonchev–Trinajstić information content (AvgIpc) is 3.19. The third-order valence-electron chi connectivity index (χ3n) is 3.46. The van der Waals surface area contributed by atoms with Gasteiger partial charge in [-0.05, 0) is 18.9 Å². The molecular weight excluding hydrogens is 342 g/mol. The van der Waals surface area contributed by atoms with Crippen LogP contribution in [-0.2, 0) is 6.42 Å². The average molecular weight is 359 g/mol. The van der Waals surface area contributed by atoms with Gasteiger partial charge in [0.15, 0.2) is 0 Å². The fraction of sp³-hybridized carbons (Fsp3) is 0.250. The number of amides is 1. The molecule has 3 N–H and O–H groups in total. The number of hydrogen-bond acceptors (Lipinski definition) is 7. The predicted octanol–water partition coefficient (Wildman–Crippen LogP) is 2.97. The van der Waals surface area contributed by atoms with Crippen LogP contribution >= 0.6 is 22.7 Å². The lowest BCUT2D eigenvalue weighted by Gasteiger charge is -2.16. The second-order valence-corrected chi connectivity index (χ2v) is 7.30. The van der Waals surface area contributed by atoms with Gasteiger partial charge in [0.2, 0.25) is 5.13 Å². The van der Waals surface area contributed by atoms with E-state index in [2.05, 4.69) is 20.5 Å². The van der Waals surface area contributed by atoms with E-state index >= 15 is 0 Å². The number of anilines is 1. The summed E-state index contributed by atoms with van der Waals surface area (Å²) in [5.41, 5.74) is 7.38. The fourth-order valence-electron chi connectivity index (χ4n) is 2.31. The largest absolute Gasteiger partial charge is 0.374 e. The number of nitrogens with two attached hydrogens (primary N) is 1. The molecule has 2 aromatic heterocycles. The Bertz CT molecular complexity index is 843. The van der Waals surface area contributed by atoms with Crippen molar-refractivity contribution in [3.8, 4) is 0 Å². The first-order valence-corrected chi connectivity index (χ1v) is 9.12. The van der Waals surface area contributed by atoms with Crippen LogP contribution in [-0.4, -0.2) is 21.1 Å². The van der Waals surface area contributed by atoms with Gasteiger partial charge in [0, 0.05) is 0 Å². The van der Waals surface area contributed by atoms with Crippen molar-refractivity contribution < 1.29 is 4.79 Å². The van der Waals surface area contributed by atoms with Gasteiger partial charge in [0.1, 0.15) is 15.9 Å². The molecule has 2 heterocycles. The lowest BCUT2D eigenvalue weighted by atomic mass is 10.1. The zero-order valence-electron chi connectivity index (χ0n) is 13.3. The molecule has 0 unspecified atom stereocenters. The van der Waals surface area contributed by atoms with Crippen LogP contribution in [0.2, 0.25) is 0 Å². The Hall–Kier alpha value is -2.32. The molecule has 0 aliphatic rings. The van der Waals surface area contributed by atoms with Gasteiger partial charge in [0.05, 0.1) is 10.7 Å². The SMILES string of the molecule is CCc1nc(C)c(C(=O)N[C@H](c2ccccc2)c2nnc(N)s2)s1. The fourth-order valence-corrected chi connectivity index (χ4v) is 3.91. The lowest BCUT2D eigenvalue weighted by molar-refractivity contribution is 0.0946. The molecule has 1 aromatic carbocycles. The van der Waals surface area contributed by atoms with E-state index < -0.39 is 0 Å². The minimum atomic E-state index is -0.389. The first kappa shape index (κ1) is 16.5. The molecule has 0 saturated heterocycles. The third-order valence-corrected chi connectivity index (χ3v) is 5.58. The van der Waals surface area contributed by atoms with E-state index in [4.69, 9.17) is 5.73 Å². The van der Waals surface area contributed by atoms with E-state index in [0.29, 0.717) is 15.0 Å². The van der Waals surface area contributed by atoms with E-state index in [-0.39, 0.29) is 11.9 Å². The van der Waals surface area contributed by atoms with Crippen LogP contribution in [0.15, 0.2) is 30.3 Å². The van der Waals surface area contributed by atoms with Crippen molar-refractivity contribution in [1.29, 1.82) is 0 Å². The van der Waals surface area contributed by atoms with Gasteiger partial charge in [0.25, 0.3) is 5.91 Å². The molecule has 124 valence electrons. The Morgan fingerprint density at radius 1 is 1.25 bits per heavy atom. The van der Waals surface area contributed by atoms with Crippen molar-refractivity contribution in [3.63, 3.8) is 0 Å². The Balaban J connectivity index is 1.92. The molecule has 1 atom stereocenters. The summed E-state index contributed by atoms with van der Waals surface area (Å²) in [6.45, 7) is 3.88. The third kappa shape index (κ3) is 3.44.